The lowest BCUT2D eigenvalue weighted by Crippen LogP contribution is -2.04. The van der Waals surface area contributed by atoms with Gasteiger partial charge in [0.1, 0.15) is 0 Å². The molecule has 0 atom stereocenters. The number of hydrogen-bond donors (Lipinski definition) is 2. The van der Waals surface area contributed by atoms with Gasteiger partial charge in [-0.2, -0.15) is 0 Å². The van der Waals surface area contributed by atoms with Crippen LogP contribution in [0.2, 0.25) is 0 Å². The summed E-state index contributed by atoms with van der Waals surface area (Å²) in [5.41, 5.74) is 2.11. The van der Waals surface area contributed by atoms with Gasteiger partial charge in [-0.15, -0.1) is 0 Å². The van der Waals surface area contributed by atoms with Crippen molar-refractivity contribution >= 4 is 17.3 Å². The van der Waals surface area contributed by atoms with E-state index in [9.17, 15) is 0 Å². The van der Waals surface area contributed by atoms with Crippen molar-refractivity contribution in [1.82, 2.24) is 5.32 Å². The quantitative estimate of drug-likeness (QED) is 0.610. The van der Waals surface area contributed by atoms with Crippen LogP contribution in [0.1, 0.15) is 12.5 Å². The maximum absolute atomic E-state index is 7.23. The third kappa shape index (κ3) is 7.39. The molecular formula is C16H21ClN2. The smallest absolute Gasteiger partial charge is 0.0615 e. The minimum atomic E-state index is 0.267. The van der Waals surface area contributed by atoms with Gasteiger partial charge in [0.05, 0.1) is 5.71 Å². The minimum absolute atomic E-state index is 0.267. The Bertz CT molecular complexity index is 443. The van der Waals surface area contributed by atoms with Crippen molar-refractivity contribution in [2.75, 3.05) is 7.05 Å². The Hall–Kier alpha value is -1.64. The van der Waals surface area contributed by atoms with Gasteiger partial charge in [-0.1, -0.05) is 61.2 Å². The highest BCUT2D eigenvalue weighted by Gasteiger charge is 2.00. The molecule has 0 bridgehead atoms. The molecule has 0 aliphatic heterocycles. The first-order valence-electron chi connectivity index (χ1n) is 5.97. The molecule has 19 heavy (non-hydrogen) atoms. The Morgan fingerprint density at radius 1 is 1.37 bits per heavy atom. The fraction of sp³-hybridized carbons (Fsp3) is 0.188. The van der Waals surface area contributed by atoms with Crippen molar-refractivity contribution in [3.8, 4) is 0 Å². The second-order valence-corrected chi connectivity index (χ2v) is 4.16. The fourth-order valence-electron chi connectivity index (χ4n) is 1.23. The van der Waals surface area contributed by atoms with Gasteiger partial charge in [-0.05, 0) is 25.6 Å². The highest BCUT2D eigenvalue weighted by Crippen LogP contribution is 2.13. The predicted octanol–water partition coefficient (Wildman–Crippen LogP) is 4.30. The van der Waals surface area contributed by atoms with Gasteiger partial charge in [-0.25, -0.2) is 0 Å². The Balaban J connectivity index is 0.000000342. The normalized spacial score (nSPS) is 10.2. The van der Waals surface area contributed by atoms with E-state index >= 15 is 0 Å². The molecule has 2 nitrogen and oxygen atoms in total. The van der Waals surface area contributed by atoms with Gasteiger partial charge >= 0.3 is 0 Å². The average molecular weight is 277 g/mol. The molecule has 0 spiro atoms. The van der Waals surface area contributed by atoms with Gasteiger partial charge in [0, 0.05) is 17.2 Å². The van der Waals surface area contributed by atoms with Crippen LogP contribution >= 0.6 is 11.6 Å². The second-order valence-electron chi connectivity index (χ2n) is 3.75. The number of rotatable bonds is 5. The van der Waals surface area contributed by atoms with E-state index in [1.807, 2.05) is 25.2 Å². The SMILES string of the molecule is C=CC(=N)C(=C)/C(Cl)=C\C.CNCc1ccccc1. The van der Waals surface area contributed by atoms with Crippen molar-refractivity contribution in [3.63, 3.8) is 0 Å². The number of allylic oxidation sites excluding steroid dienone is 4. The molecule has 0 amide bonds. The number of hydrogen-bond acceptors (Lipinski definition) is 2. The lowest BCUT2D eigenvalue weighted by atomic mass is 10.1. The van der Waals surface area contributed by atoms with Crippen LogP contribution in [0.15, 0.2) is 66.2 Å². The minimum Gasteiger partial charge on any atom is -0.316 e. The summed E-state index contributed by atoms with van der Waals surface area (Å²) in [6.07, 6.45) is 3.11. The molecule has 0 radical (unpaired) electrons. The van der Waals surface area contributed by atoms with E-state index in [0.29, 0.717) is 10.6 Å². The van der Waals surface area contributed by atoms with E-state index in [0.717, 1.165) is 6.54 Å². The molecule has 0 saturated heterocycles. The summed E-state index contributed by atoms with van der Waals surface area (Å²) in [6, 6.07) is 10.3. The zero-order valence-corrected chi connectivity index (χ0v) is 12.3. The van der Waals surface area contributed by atoms with Crippen LogP contribution < -0.4 is 5.32 Å². The van der Waals surface area contributed by atoms with Crippen LogP contribution in [-0.4, -0.2) is 12.8 Å². The van der Waals surface area contributed by atoms with Crippen molar-refractivity contribution in [1.29, 1.82) is 5.41 Å². The zero-order valence-electron chi connectivity index (χ0n) is 11.5. The maximum atomic E-state index is 7.23. The van der Waals surface area contributed by atoms with Crippen LogP contribution in [0.5, 0.6) is 0 Å². The van der Waals surface area contributed by atoms with Crippen LogP contribution in [0.25, 0.3) is 0 Å². The van der Waals surface area contributed by atoms with Gasteiger partial charge < -0.3 is 10.7 Å². The molecule has 0 aliphatic rings. The molecule has 0 fully saturated rings. The summed E-state index contributed by atoms with van der Waals surface area (Å²) in [4.78, 5) is 0. The van der Waals surface area contributed by atoms with Gasteiger partial charge in [0.25, 0.3) is 0 Å². The Kier molecular flexibility index (Phi) is 9.41. The molecule has 1 aromatic carbocycles. The lowest BCUT2D eigenvalue weighted by molar-refractivity contribution is 0.818. The fourth-order valence-corrected chi connectivity index (χ4v) is 1.33. The largest absolute Gasteiger partial charge is 0.316 e. The van der Waals surface area contributed by atoms with E-state index in [-0.39, 0.29) is 5.71 Å². The molecule has 2 N–H and O–H groups in total. The lowest BCUT2D eigenvalue weighted by Gasteiger charge is -1.99. The Morgan fingerprint density at radius 3 is 2.37 bits per heavy atom. The molecule has 102 valence electrons. The molecule has 0 aliphatic carbocycles. The summed E-state index contributed by atoms with van der Waals surface area (Å²) in [5, 5.41) is 10.8. The first-order chi connectivity index (χ1) is 9.06. The Morgan fingerprint density at radius 2 is 1.95 bits per heavy atom. The average Bonchev–Trinajstić information content (AvgIpc) is 2.47. The van der Waals surface area contributed by atoms with Crippen LogP contribution in [0.3, 0.4) is 0 Å². The monoisotopic (exact) mass is 276 g/mol. The van der Waals surface area contributed by atoms with E-state index in [4.69, 9.17) is 17.0 Å². The van der Waals surface area contributed by atoms with Crippen LogP contribution in [-0.2, 0) is 6.54 Å². The van der Waals surface area contributed by atoms with Crippen molar-refractivity contribution in [2.45, 2.75) is 13.5 Å². The first-order valence-corrected chi connectivity index (χ1v) is 6.35. The number of halogens is 1. The molecule has 0 unspecified atom stereocenters. The molecule has 0 aromatic heterocycles. The van der Waals surface area contributed by atoms with E-state index in [1.165, 1.54) is 11.6 Å². The van der Waals surface area contributed by atoms with Crippen molar-refractivity contribution in [2.24, 2.45) is 0 Å². The van der Waals surface area contributed by atoms with Gasteiger partial charge in [0.2, 0.25) is 0 Å². The highest BCUT2D eigenvalue weighted by molar-refractivity contribution is 6.36. The Labute approximate surface area is 121 Å². The molecule has 0 heterocycles. The summed E-state index contributed by atoms with van der Waals surface area (Å²) < 4.78 is 0. The first kappa shape index (κ1) is 17.4. The predicted molar refractivity (Wildman–Crippen MR) is 85.9 cm³/mol. The van der Waals surface area contributed by atoms with E-state index in [2.05, 4.69) is 30.6 Å². The topological polar surface area (TPSA) is 35.9 Å². The number of nitrogens with one attached hydrogen (secondary N) is 2. The van der Waals surface area contributed by atoms with Gasteiger partial charge in [0.15, 0.2) is 0 Å². The molecule has 3 heteroatoms. The third-order valence-electron chi connectivity index (χ3n) is 2.29. The standard InChI is InChI=1S/C8H10ClN.C8H11N/c1-4-7(9)6(3)8(10)5-2;1-9-7-8-5-3-2-4-6-8/h4-5,10H,2-3H2,1H3;2-6,9H,7H2,1H3/b7-4+,10-8?;. The molecule has 0 saturated carbocycles. The van der Waals surface area contributed by atoms with Crippen molar-refractivity contribution in [3.05, 3.63) is 71.8 Å². The second kappa shape index (κ2) is 10.3. The third-order valence-corrected chi connectivity index (χ3v) is 2.74. The van der Waals surface area contributed by atoms with E-state index < -0.39 is 0 Å². The summed E-state index contributed by atoms with van der Waals surface area (Å²) in [7, 11) is 1.95. The number of benzene rings is 1. The van der Waals surface area contributed by atoms with Gasteiger partial charge in [-0.3, -0.25) is 0 Å². The van der Waals surface area contributed by atoms with Crippen molar-refractivity contribution < 1.29 is 0 Å². The van der Waals surface area contributed by atoms with Crippen LogP contribution in [0.4, 0.5) is 0 Å². The molecule has 1 rings (SSSR count). The van der Waals surface area contributed by atoms with E-state index in [1.54, 1.807) is 13.0 Å². The maximum Gasteiger partial charge on any atom is 0.0615 e. The summed E-state index contributed by atoms with van der Waals surface area (Å²) >= 11 is 5.66. The van der Waals surface area contributed by atoms with Crippen LogP contribution in [0, 0.1) is 5.41 Å². The zero-order chi connectivity index (χ0) is 14.7. The molecular weight excluding hydrogens is 256 g/mol. The molecule has 1 aromatic rings. The highest BCUT2D eigenvalue weighted by atomic mass is 35.5. The summed E-state index contributed by atoms with van der Waals surface area (Å²) in [6.45, 7) is 9.78. The summed E-state index contributed by atoms with van der Waals surface area (Å²) in [5.74, 6) is 0.